The van der Waals surface area contributed by atoms with Crippen LogP contribution in [0.3, 0.4) is 0 Å². The number of carbonyl (C=O) groups is 2. The van der Waals surface area contributed by atoms with Crippen molar-refractivity contribution >= 4 is 32.2 Å². The summed E-state index contributed by atoms with van der Waals surface area (Å²) in [6.45, 7) is 9.14. The van der Waals surface area contributed by atoms with Crippen molar-refractivity contribution in [3.05, 3.63) is 0 Å². The number of halogens is 7. The summed E-state index contributed by atoms with van der Waals surface area (Å²) in [5.74, 6) is -6.07. The van der Waals surface area contributed by atoms with Crippen molar-refractivity contribution in [3.8, 4) is 0 Å². The number of rotatable bonds is 19. The van der Waals surface area contributed by atoms with Gasteiger partial charge < -0.3 is 23.3 Å². The fourth-order valence-electron chi connectivity index (χ4n) is 2.41. The third-order valence-electron chi connectivity index (χ3n) is 6.36. The van der Waals surface area contributed by atoms with Crippen molar-refractivity contribution in [2.75, 3.05) is 26.4 Å². The molecule has 0 aliphatic rings. The molecule has 0 bridgehead atoms. The van der Waals surface area contributed by atoms with E-state index in [0.29, 0.717) is 12.8 Å². The zero-order chi connectivity index (χ0) is 35.4. The Morgan fingerprint density at radius 3 is 1.50 bits per heavy atom. The van der Waals surface area contributed by atoms with Crippen LogP contribution in [-0.2, 0) is 44.0 Å². The number of carbonyl (C=O) groups excluding carboxylic acids is 2. The van der Waals surface area contributed by atoms with E-state index >= 15 is 0 Å². The second-order valence-electron chi connectivity index (χ2n) is 10.8. The molecule has 44 heavy (non-hydrogen) atoms. The summed E-state index contributed by atoms with van der Waals surface area (Å²) in [5.41, 5.74) is -1.46. The molecule has 20 heteroatoms. The summed E-state index contributed by atoms with van der Waals surface area (Å²) in [4.78, 5) is 23.0. The third-order valence-corrected chi connectivity index (χ3v) is 8.21. The predicted molar refractivity (Wildman–Crippen MR) is 138 cm³/mol. The molecule has 11 nitrogen and oxygen atoms in total. The Morgan fingerprint density at radius 2 is 1.11 bits per heavy atom. The Kier molecular flexibility index (Phi) is 17.4. The summed E-state index contributed by atoms with van der Waals surface area (Å²) in [6.07, 6.45) is -5.06. The zero-order valence-corrected chi connectivity index (χ0v) is 26.7. The van der Waals surface area contributed by atoms with Crippen LogP contribution in [0.1, 0.15) is 80.1 Å². The average Bonchev–Trinajstić information content (AvgIpc) is 2.88. The van der Waals surface area contributed by atoms with Gasteiger partial charge in [-0.05, 0) is 47.0 Å². The maximum Gasteiger partial charge on any atom is 0.396 e. The highest BCUT2D eigenvalue weighted by molar-refractivity contribution is 7.87. The molecule has 0 aromatic carbocycles. The monoisotopic (exact) mass is 700 g/mol. The van der Waals surface area contributed by atoms with Gasteiger partial charge in [-0.1, -0.05) is 13.8 Å². The topological polar surface area (TPSA) is 176 Å². The van der Waals surface area contributed by atoms with Gasteiger partial charge in [0.15, 0.2) is 26.4 Å². The van der Waals surface area contributed by atoms with Crippen molar-refractivity contribution in [3.63, 3.8) is 0 Å². The Balaban J connectivity index is 0. The minimum absolute atomic E-state index is 0.0433. The van der Waals surface area contributed by atoms with Crippen LogP contribution in [0.4, 0.5) is 30.7 Å². The van der Waals surface area contributed by atoms with Crippen LogP contribution < -0.4 is 0 Å². The molecular weight excluding hydrogens is 661 g/mol. The molecule has 0 amide bonds. The lowest BCUT2D eigenvalue weighted by molar-refractivity contribution is -0.166. The molecule has 0 radical (unpaired) electrons. The predicted octanol–water partition coefficient (Wildman–Crippen LogP) is 4.76. The highest BCUT2D eigenvalue weighted by atomic mass is 32.2. The van der Waals surface area contributed by atoms with Crippen molar-refractivity contribution < 1.29 is 80.5 Å². The first-order valence-corrected chi connectivity index (χ1v) is 16.0. The third kappa shape index (κ3) is 13.7. The summed E-state index contributed by atoms with van der Waals surface area (Å²) in [6, 6.07) is 0. The highest BCUT2D eigenvalue weighted by Crippen LogP contribution is 2.41. The number of alkyl halides is 7. The molecule has 1 atom stereocenters. The number of esters is 2. The van der Waals surface area contributed by atoms with E-state index in [1.165, 1.54) is 0 Å². The molecule has 1 unspecified atom stereocenters. The fraction of sp³-hybridized carbons (Fsp3) is 0.917. The maximum absolute atomic E-state index is 13.1. The quantitative estimate of drug-likeness (QED) is 0.0786. The normalized spacial score (nSPS) is 14.3. The number of hydrogen-bond acceptors (Lipinski definition) is 11. The van der Waals surface area contributed by atoms with Gasteiger partial charge in [-0.15, -0.1) is 0 Å². The van der Waals surface area contributed by atoms with Gasteiger partial charge in [0.05, 0.1) is 24.0 Å². The van der Waals surface area contributed by atoms with E-state index in [1.807, 2.05) is 6.92 Å². The van der Waals surface area contributed by atoms with Crippen molar-refractivity contribution in [1.82, 2.24) is 0 Å². The van der Waals surface area contributed by atoms with E-state index < -0.39 is 85.5 Å². The molecule has 0 aliphatic carbocycles. The SMILES string of the molecule is CCC(C)(C)C(=O)OCCC(F)C(F)(F)S(=O)(=O)[O-].CCC(C)(C)C(=O)OCCCOCCCC(F)(F)C(F)(F)S(=O)(=O)[O-]. The second kappa shape index (κ2) is 17.2. The Labute approximate surface area is 252 Å². The van der Waals surface area contributed by atoms with Gasteiger partial charge in [0.25, 0.3) is 0 Å². The highest BCUT2D eigenvalue weighted by Gasteiger charge is 2.60. The molecule has 0 saturated heterocycles. The Hall–Kier alpha value is -1.77. The van der Waals surface area contributed by atoms with Crippen LogP contribution >= 0.6 is 0 Å². The van der Waals surface area contributed by atoms with Crippen LogP contribution in [0, 0.1) is 10.8 Å². The lowest BCUT2D eigenvalue weighted by Gasteiger charge is -2.28. The fourth-order valence-corrected chi connectivity index (χ4v) is 3.31. The van der Waals surface area contributed by atoms with E-state index in [9.17, 15) is 66.3 Å². The van der Waals surface area contributed by atoms with Gasteiger partial charge in [-0.25, -0.2) is 21.2 Å². The molecule has 0 heterocycles. The van der Waals surface area contributed by atoms with Gasteiger partial charge >= 0.3 is 28.4 Å². The summed E-state index contributed by atoms with van der Waals surface area (Å²) in [5, 5.41) is -10.7. The van der Waals surface area contributed by atoms with Gasteiger partial charge in [-0.2, -0.15) is 26.3 Å². The van der Waals surface area contributed by atoms with Crippen molar-refractivity contribution in [1.29, 1.82) is 0 Å². The minimum Gasteiger partial charge on any atom is -0.743 e. The molecule has 0 spiro atoms. The smallest absolute Gasteiger partial charge is 0.396 e. The van der Waals surface area contributed by atoms with Crippen molar-refractivity contribution in [2.45, 2.75) is 103 Å². The molecule has 0 aromatic rings. The second-order valence-corrected chi connectivity index (χ2v) is 13.6. The lowest BCUT2D eigenvalue weighted by Crippen LogP contribution is -2.46. The van der Waals surface area contributed by atoms with E-state index in [-0.39, 0.29) is 32.2 Å². The van der Waals surface area contributed by atoms with E-state index in [4.69, 9.17) is 9.47 Å². The van der Waals surface area contributed by atoms with Gasteiger partial charge in [0.2, 0.25) is 0 Å². The minimum atomic E-state index is -6.46. The maximum atomic E-state index is 13.1. The van der Waals surface area contributed by atoms with Crippen molar-refractivity contribution in [2.24, 2.45) is 10.8 Å². The zero-order valence-electron chi connectivity index (χ0n) is 25.1. The van der Waals surface area contributed by atoms with Crippen LogP contribution in [0.2, 0.25) is 0 Å². The van der Waals surface area contributed by atoms with Crippen LogP contribution in [0.25, 0.3) is 0 Å². The summed E-state index contributed by atoms with van der Waals surface area (Å²) < 4.78 is 166. The molecule has 0 N–H and O–H groups in total. The van der Waals surface area contributed by atoms with E-state index in [0.717, 1.165) is 0 Å². The first-order valence-electron chi connectivity index (χ1n) is 13.2. The number of ether oxygens (including phenoxy) is 3. The van der Waals surface area contributed by atoms with E-state index in [1.54, 1.807) is 34.6 Å². The lowest BCUT2D eigenvalue weighted by atomic mass is 9.91. The standard InChI is InChI=1S/C14H24F4O6S.C10H17F3O5S/c1-4-12(2,3)11(19)24-10-6-9-23-8-5-7-13(15,16)14(17,18)25(20,21)22;1-4-9(2,3)8(14)18-6-5-7(11)10(12,13)19(15,16)17/h4-10H2,1-3H3,(H,20,21,22);7H,4-6H2,1-3H3,(H,15,16,17)/p-2. The molecule has 0 aromatic heterocycles. The molecule has 0 fully saturated rings. The first-order chi connectivity index (χ1) is 19.5. The van der Waals surface area contributed by atoms with Crippen LogP contribution in [0.5, 0.6) is 0 Å². The summed E-state index contributed by atoms with van der Waals surface area (Å²) in [7, 11) is -12.5. The Bertz CT molecular complexity index is 1130. The first kappa shape index (κ1) is 44.4. The molecule has 0 saturated carbocycles. The average molecular weight is 701 g/mol. The largest absolute Gasteiger partial charge is 0.743 e. The van der Waals surface area contributed by atoms with Gasteiger partial charge in [-0.3, -0.25) is 9.59 Å². The van der Waals surface area contributed by atoms with Gasteiger partial charge in [0.1, 0.15) is 0 Å². The van der Waals surface area contributed by atoms with Crippen LogP contribution in [0.15, 0.2) is 0 Å². The molecule has 0 aliphatic heterocycles. The van der Waals surface area contributed by atoms with Gasteiger partial charge in [0, 0.05) is 32.5 Å². The van der Waals surface area contributed by atoms with E-state index in [2.05, 4.69) is 4.74 Å². The summed E-state index contributed by atoms with van der Waals surface area (Å²) >= 11 is 0. The molecular formula is C24H39F7O11S2-2. The number of hydrogen-bond donors (Lipinski definition) is 0. The Morgan fingerprint density at radius 1 is 0.705 bits per heavy atom. The van der Waals surface area contributed by atoms with Crippen LogP contribution in [-0.4, -0.2) is 86.9 Å². The molecule has 0 rings (SSSR count). The molecule has 264 valence electrons.